The van der Waals surface area contributed by atoms with Gasteiger partial charge in [0.25, 0.3) is 0 Å². The summed E-state index contributed by atoms with van der Waals surface area (Å²) in [5.41, 5.74) is -0.919. The molecule has 0 radical (unpaired) electrons. The molecule has 0 atom stereocenters. The van der Waals surface area contributed by atoms with Crippen LogP contribution in [-0.4, -0.2) is 19.9 Å². The fourth-order valence-corrected chi connectivity index (χ4v) is 4.31. The zero-order valence-electron chi connectivity index (χ0n) is 8.25. The molecule has 17 heavy (non-hydrogen) atoms. The first-order valence-corrected chi connectivity index (χ1v) is 6.51. The second-order valence-corrected chi connectivity index (χ2v) is 5.80. The maximum absolute atomic E-state index is 12.8. The van der Waals surface area contributed by atoms with Crippen molar-refractivity contribution in [2.24, 2.45) is 0 Å². The molecule has 2 aromatic rings. The van der Waals surface area contributed by atoms with Crippen LogP contribution < -0.4 is 8.92 Å². The molecule has 0 amide bonds. The predicted octanol–water partition coefficient (Wildman–Crippen LogP) is 2.08. The first-order valence-electron chi connectivity index (χ1n) is 4.80. The molecule has 1 aromatic carbocycles. The number of rotatable bonds is 2. The summed E-state index contributed by atoms with van der Waals surface area (Å²) in [5.74, 6) is 0. The van der Waals surface area contributed by atoms with Gasteiger partial charge in [-0.2, -0.15) is 0 Å². The molecule has 0 aliphatic carbocycles. The number of nitrogens with zero attached hydrogens (tertiary/aromatic N) is 1. The summed E-state index contributed by atoms with van der Waals surface area (Å²) in [4.78, 5) is 3.68. The molecule has 2 heterocycles. The van der Waals surface area contributed by atoms with Gasteiger partial charge >= 0.3 is 99.6 Å². The molecule has 0 spiro atoms. The van der Waals surface area contributed by atoms with Gasteiger partial charge in [-0.25, -0.2) is 0 Å². The number of pyridine rings is 1. The van der Waals surface area contributed by atoms with E-state index in [-0.39, 0.29) is 15.0 Å². The van der Waals surface area contributed by atoms with Crippen molar-refractivity contribution >= 4 is 34.8 Å². The van der Waals surface area contributed by atoms with Crippen molar-refractivity contribution in [3.05, 3.63) is 29.5 Å². The fourth-order valence-electron chi connectivity index (χ4n) is 1.91. The van der Waals surface area contributed by atoms with E-state index in [2.05, 4.69) is 4.98 Å². The van der Waals surface area contributed by atoms with Crippen LogP contribution in [0.15, 0.2) is 18.2 Å². The topological polar surface area (TPSA) is 12.9 Å². The second kappa shape index (κ2) is 3.68. The zero-order valence-corrected chi connectivity index (χ0v) is 9.97. The molecule has 6 heteroatoms. The normalized spacial score (nSPS) is 13.5. The van der Waals surface area contributed by atoms with Crippen LogP contribution in [-0.2, 0) is 0 Å². The minimum absolute atomic E-state index is 0.257. The Hall–Kier alpha value is -1.13. The van der Waals surface area contributed by atoms with E-state index < -0.39 is 24.1 Å². The van der Waals surface area contributed by atoms with Gasteiger partial charge in [-0.3, -0.25) is 0 Å². The van der Waals surface area contributed by atoms with Crippen molar-refractivity contribution in [2.75, 3.05) is 0 Å². The molecule has 1 aliphatic heterocycles. The third-order valence-electron chi connectivity index (χ3n) is 2.63. The Morgan fingerprint density at radius 1 is 1.06 bits per heavy atom. The number of aromatic nitrogens is 1. The number of hydrogen-bond donors (Lipinski definition) is 0. The molecule has 3 rings (SSSR count). The Labute approximate surface area is 100.0 Å². The van der Waals surface area contributed by atoms with Crippen molar-refractivity contribution in [3.8, 4) is 0 Å². The van der Waals surface area contributed by atoms with E-state index in [9.17, 15) is 17.6 Å². The average Bonchev–Trinajstić information content (AvgIpc) is 2.24. The molecule has 88 valence electrons. The summed E-state index contributed by atoms with van der Waals surface area (Å²) < 4.78 is 52.5. The van der Waals surface area contributed by atoms with Crippen molar-refractivity contribution in [1.82, 2.24) is 4.98 Å². The zero-order chi connectivity index (χ0) is 12.2. The van der Waals surface area contributed by atoms with Gasteiger partial charge in [-0.05, 0) is 0 Å². The van der Waals surface area contributed by atoms with Gasteiger partial charge in [0.1, 0.15) is 0 Å². The van der Waals surface area contributed by atoms with E-state index in [1.165, 1.54) is 0 Å². The SMILES string of the molecule is FC(F)c1nc2cccc3c2c(c1C(F)F)[Se]3. The van der Waals surface area contributed by atoms with Crippen LogP contribution in [0.1, 0.15) is 24.1 Å². The van der Waals surface area contributed by atoms with Gasteiger partial charge in [0, 0.05) is 0 Å². The van der Waals surface area contributed by atoms with Gasteiger partial charge < -0.3 is 0 Å². The molecule has 0 saturated carbocycles. The van der Waals surface area contributed by atoms with Crippen molar-refractivity contribution in [3.63, 3.8) is 0 Å². The molecule has 1 nitrogen and oxygen atoms in total. The standard InChI is InChI=1S/C11H5F4NSe/c12-10(13)7-8(11(14)15)16-4-2-1-3-5-6(4)9(7)17-5/h1-3,10-11H. The summed E-state index contributed by atoms with van der Waals surface area (Å²) in [5, 5.41) is 0.646. The van der Waals surface area contributed by atoms with E-state index in [0.717, 1.165) is 4.46 Å². The molecule has 0 unspecified atom stereocenters. The summed E-state index contributed by atoms with van der Waals surface area (Å²) >= 11 is -0.257. The number of benzene rings is 1. The fraction of sp³-hybridized carbons (Fsp3) is 0.182. The third-order valence-corrected chi connectivity index (χ3v) is 5.12. The number of halogens is 4. The minimum atomic E-state index is -2.96. The Morgan fingerprint density at radius 3 is 2.47 bits per heavy atom. The van der Waals surface area contributed by atoms with Gasteiger partial charge in [0.2, 0.25) is 0 Å². The van der Waals surface area contributed by atoms with Gasteiger partial charge in [0.05, 0.1) is 0 Å². The van der Waals surface area contributed by atoms with Crippen LogP contribution in [0.4, 0.5) is 17.6 Å². The van der Waals surface area contributed by atoms with Crippen molar-refractivity contribution < 1.29 is 17.6 Å². The van der Waals surface area contributed by atoms with Crippen LogP contribution in [0, 0.1) is 0 Å². The third kappa shape index (κ3) is 1.47. The average molecular weight is 306 g/mol. The maximum atomic E-state index is 12.8. The summed E-state index contributed by atoms with van der Waals surface area (Å²) in [6.45, 7) is 0. The molecule has 0 saturated heterocycles. The van der Waals surface area contributed by atoms with Gasteiger partial charge in [0.15, 0.2) is 0 Å². The Kier molecular flexibility index (Phi) is 2.38. The Morgan fingerprint density at radius 2 is 1.82 bits per heavy atom. The van der Waals surface area contributed by atoms with E-state index in [1.807, 2.05) is 6.07 Å². The van der Waals surface area contributed by atoms with E-state index in [4.69, 9.17) is 0 Å². The molecule has 0 bridgehead atoms. The van der Waals surface area contributed by atoms with Crippen LogP contribution >= 0.6 is 0 Å². The summed E-state index contributed by atoms with van der Waals surface area (Å²) in [6.07, 6.45) is -5.85. The van der Waals surface area contributed by atoms with E-state index in [1.54, 1.807) is 12.1 Å². The summed E-state index contributed by atoms with van der Waals surface area (Å²) in [7, 11) is 0. The molecule has 1 aliphatic rings. The van der Waals surface area contributed by atoms with Crippen LogP contribution in [0.25, 0.3) is 10.9 Å². The number of hydrogen-bond acceptors (Lipinski definition) is 1. The van der Waals surface area contributed by atoms with E-state index in [0.29, 0.717) is 15.4 Å². The molecular formula is C11H5F4NSe. The Balaban J connectivity index is 2.38. The van der Waals surface area contributed by atoms with Gasteiger partial charge in [-0.15, -0.1) is 0 Å². The first kappa shape index (κ1) is 11.0. The van der Waals surface area contributed by atoms with Crippen LogP contribution in [0.3, 0.4) is 0 Å². The first-order chi connectivity index (χ1) is 8.09. The summed E-state index contributed by atoms with van der Waals surface area (Å²) in [6, 6.07) is 5.12. The van der Waals surface area contributed by atoms with E-state index >= 15 is 0 Å². The van der Waals surface area contributed by atoms with Gasteiger partial charge in [-0.1, -0.05) is 0 Å². The Bertz CT molecular complexity index is 612. The molecule has 0 fully saturated rings. The van der Waals surface area contributed by atoms with Crippen molar-refractivity contribution in [1.29, 1.82) is 0 Å². The van der Waals surface area contributed by atoms with Crippen LogP contribution in [0.5, 0.6) is 0 Å². The quantitative estimate of drug-likeness (QED) is 0.522. The second-order valence-electron chi connectivity index (χ2n) is 3.59. The molecular weight excluding hydrogens is 301 g/mol. The molecule has 0 N–H and O–H groups in total. The van der Waals surface area contributed by atoms with Crippen molar-refractivity contribution in [2.45, 2.75) is 12.9 Å². The predicted molar refractivity (Wildman–Crippen MR) is 56.7 cm³/mol. The molecule has 1 aromatic heterocycles. The monoisotopic (exact) mass is 307 g/mol. The van der Waals surface area contributed by atoms with Crippen LogP contribution in [0.2, 0.25) is 0 Å². The number of alkyl halides is 4.